The summed E-state index contributed by atoms with van der Waals surface area (Å²) in [4.78, 5) is 14.0. The Morgan fingerprint density at radius 3 is 2.94 bits per heavy atom. The number of aliphatic hydroxyl groups excluding tert-OH is 3. The molecule has 180 valence electrons. The lowest BCUT2D eigenvalue weighted by atomic mass is 10.1. The number of para-hydroxylation sites is 1. The second kappa shape index (κ2) is 8.89. The Balaban J connectivity index is 1.64. The zero-order valence-corrected chi connectivity index (χ0v) is 18.5. The Bertz CT molecular complexity index is 1290. The summed E-state index contributed by atoms with van der Waals surface area (Å²) in [6, 6.07) is 4.64. The first-order valence-electron chi connectivity index (χ1n) is 10.3. The molecule has 0 aliphatic carbocycles. The van der Waals surface area contributed by atoms with Crippen LogP contribution in [0.1, 0.15) is 20.1 Å². The average Bonchev–Trinajstić information content (AvgIpc) is 3.03. The smallest absolute Gasteiger partial charge is 0.493 e. The summed E-state index contributed by atoms with van der Waals surface area (Å²) in [6.07, 6.45) is -5.66. The molecule has 1 fully saturated rings. The van der Waals surface area contributed by atoms with E-state index in [9.17, 15) is 24.7 Å². The number of phosphoric ester groups is 1. The van der Waals surface area contributed by atoms with Gasteiger partial charge in [0.05, 0.1) is 28.6 Å². The normalized spacial score (nSPS) is 32.5. The molecule has 0 radical (unpaired) electrons. The summed E-state index contributed by atoms with van der Waals surface area (Å²) in [6.45, 7) is -4.82. The molecular formula is C18H20FN2O10PS. The molecule has 33 heavy (non-hydrogen) atoms. The van der Waals surface area contributed by atoms with Gasteiger partial charge in [-0.1, -0.05) is 12.1 Å². The van der Waals surface area contributed by atoms with Crippen LogP contribution in [0.5, 0.6) is 11.5 Å². The standard InChI is InChI=1S/C18H20FN2O10PS/c1-27-11-4-2-3-9-7-28-32(26,31-13(9)11)29-8-18(19)14(24)12(23)16(30-18)21-5-10(6-22)15(25)20-17(21)33/h2-5,12,14,16,22-24H,6-8H2,1H3,(H,20,25,33)/t12-,14+,16-,18-,32?/m1/s1/i8D2. The fourth-order valence-corrected chi connectivity index (χ4v) is 4.57. The molecule has 5 atom stereocenters. The fraction of sp³-hybridized carbons (Fsp3) is 0.444. The molecule has 0 amide bonds. The van der Waals surface area contributed by atoms with Gasteiger partial charge in [-0.2, -0.15) is 0 Å². The average molecular weight is 508 g/mol. The van der Waals surface area contributed by atoms with Crippen LogP contribution in [-0.4, -0.2) is 56.6 Å². The zero-order chi connectivity index (χ0) is 25.8. The van der Waals surface area contributed by atoms with Crippen molar-refractivity contribution in [2.75, 3.05) is 13.7 Å². The summed E-state index contributed by atoms with van der Waals surface area (Å²) >= 11 is 4.96. The number of fused-ring (bicyclic) bond motifs is 1. The van der Waals surface area contributed by atoms with E-state index in [0.29, 0.717) is 5.56 Å². The number of ether oxygens (including phenoxy) is 2. The Morgan fingerprint density at radius 1 is 1.48 bits per heavy atom. The molecule has 1 unspecified atom stereocenters. The highest BCUT2D eigenvalue weighted by Gasteiger charge is 2.57. The quantitative estimate of drug-likeness (QED) is 0.326. The monoisotopic (exact) mass is 508 g/mol. The molecule has 1 saturated heterocycles. The molecule has 0 spiro atoms. The molecular weight excluding hydrogens is 486 g/mol. The van der Waals surface area contributed by atoms with Crippen LogP contribution in [0.15, 0.2) is 29.2 Å². The predicted octanol–water partition coefficient (Wildman–Crippen LogP) is 1.06. The van der Waals surface area contributed by atoms with E-state index >= 15 is 4.39 Å². The van der Waals surface area contributed by atoms with E-state index < -0.39 is 50.8 Å². The molecule has 2 aromatic rings. The maximum atomic E-state index is 15.9. The Hall–Kier alpha value is -2.16. The number of H-pyrrole nitrogens is 1. The number of alkyl halides is 1. The highest BCUT2D eigenvalue weighted by Crippen LogP contribution is 2.57. The van der Waals surface area contributed by atoms with Gasteiger partial charge in [-0.3, -0.25) is 23.4 Å². The predicted molar refractivity (Wildman–Crippen MR) is 110 cm³/mol. The Kier molecular flexibility index (Phi) is 5.76. The van der Waals surface area contributed by atoms with Crippen molar-refractivity contribution < 1.29 is 50.1 Å². The first-order chi connectivity index (χ1) is 16.4. The summed E-state index contributed by atoms with van der Waals surface area (Å²) in [5.41, 5.74) is -0.595. The Labute approximate surface area is 193 Å². The van der Waals surface area contributed by atoms with Crippen LogP contribution >= 0.6 is 20.0 Å². The van der Waals surface area contributed by atoms with Crippen molar-refractivity contribution in [3.05, 3.63) is 50.6 Å². The third-order valence-electron chi connectivity index (χ3n) is 4.93. The van der Waals surface area contributed by atoms with Gasteiger partial charge in [0.25, 0.3) is 11.4 Å². The van der Waals surface area contributed by atoms with Gasteiger partial charge in [0, 0.05) is 11.8 Å². The van der Waals surface area contributed by atoms with E-state index in [0.717, 1.165) is 10.8 Å². The second-order valence-corrected chi connectivity index (χ2v) is 8.93. The van der Waals surface area contributed by atoms with Crippen molar-refractivity contribution in [3.63, 3.8) is 0 Å². The van der Waals surface area contributed by atoms with E-state index in [4.69, 9.17) is 38.0 Å². The van der Waals surface area contributed by atoms with Crippen LogP contribution in [0.25, 0.3) is 0 Å². The Morgan fingerprint density at radius 2 is 2.24 bits per heavy atom. The number of hydrogen-bond donors (Lipinski definition) is 4. The lowest BCUT2D eigenvalue weighted by Crippen LogP contribution is -2.43. The van der Waals surface area contributed by atoms with Gasteiger partial charge in [0.2, 0.25) is 0 Å². The van der Waals surface area contributed by atoms with Crippen molar-refractivity contribution in [2.24, 2.45) is 0 Å². The molecule has 1 aromatic heterocycles. The highest BCUT2D eigenvalue weighted by molar-refractivity contribution is 7.71. The van der Waals surface area contributed by atoms with E-state index in [1.54, 1.807) is 12.1 Å². The number of aromatic amines is 1. The molecule has 4 rings (SSSR count). The van der Waals surface area contributed by atoms with E-state index in [1.807, 2.05) is 0 Å². The first kappa shape index (κ1) is 21.4. The minimum absolute atomic E-state index is 0.0739. The van der Waals surface area contributed by atoms with Gasteiger partial charge in [0.1, 0.15) is 18.8 Å². The number of phosphoric acid groups is 1. The van der Waals surface area contributed by atoms with Gasteiger partial charge < -0.3 is 29.3 Å². The van der Waals surface area contributed by atoms with Crippen molar-refractivity contribution in [3.8, 4) is 11.5 Å². The summed E-state index contributed by atoms with van der Waals surface area (Å²) in [5.74, 6) is -3.77. The molecule has 3 heterocycles. The van der Waals surface area contributed by atoms with E-state index in [2.05, 4.69) is 4.98 Å². The zero-order valence-electron chi connectivity index (χ0n) is 18.8. The van der Waals surface area contributed by atoms with Gasteiger partial charge >= 0.3 is 7.82 Å². The summed E-state index contributed by atoms with van der Waals surface area (Å²) in [5, 5.41) is 30.1. The van der Waals surface area contributed by atoms with Crippen molar-refractivity contribution in [1.82, 2.24) is 9.55 Å². The highest BCUT2D eigenvalue weighted by atomic mass is 32.1. The number of hydrogen-bond acceptors (Lipinski definition) is 11. The minimum Gasteiger partial charge on any atom is -0.493 e. The maximum Gasteiger partial charge on any atom is 0.530 e. The van der Waals surface area contributed by atoms with E-state index in [1.165, 1.54) is 13.2 Å². The van der Waals surface area contributed by atoms with Gasteiger partial charge in [-0.05, 0) is 18.3 Å². The molecule has 4 N–H and O–H groups in total. The van der Waals surface area contributed by atoms with Crippen LogP contribution in [0, 0.1) is 4.77 Å². The van der Waals surface area contributed by atoms with Crippen LogP contribution in [0.3, 0.4) is 0 Å². The van der Waals surface area contributed by atoms with Crippen molar-refractivity contribution in [2.45, 2.75) is 37.5 Å². The lowest BCUT2D eigenvalue weighted by Gasteiger charge is -2.29. The number of rotatable bonds is 6. The SMILES string of the molecule is [2H]C([2H])(OP1(=O)OCc2cccc(OC)c2O1)[C@@]1(F)O[C@@H](n2cc(CO)c(=O)[nH]c2=S)[C@H](O)[C@@H]1O. The van der Waals surface area contributed by atoms with Crippen molar-refractivity contribution >= 4 is 20.0 Å². The fourth-order valence-electron chi connectivity index (χ4n) is 3.21. The molecule has 1 aromatic carbocycles. The summed E-state index contributed by atoms with van der Waals surface area (Å²) in [7, 11) is -3.53. The van der Waals surface area contributed by atoms with Crippen LogP contribution in [0.2, 0.25) is 0 Å². The molecule has 0 bridgehead atoms. The van der Waals surface area contributed by atoms with E-state index in [-0.39, 0.29) is 28.4 Å². The number of aromatic nitrogens is 2. The molecule has 15 heteroatoms. The van der Waals surface area contributed by atoms with Crippen LogP contribution < -0.4 is 14.8 Å². The van der Waals surface area contributed by atoms with Crippen LogP contribution in [0.4, 0.5) is 4.39 Å². The number of aliphatic hydroxyl groups is 3. The van der Waals surface area contributed by atoms with Gasteiger partial charge in [-0.25, -0.2) is 8.96 Å². The van der Waals surface area contributed by atoms with Crippen LogP contribution in [-0.2, 0) is 31.6 Å². The second-order valence-electron chi connectivity index (χ2n) is 7.02. The number of methoxy groups -OCH3 is 1. The van der Waals surface area contributed by atoms with Gasteiger partial charge in [0.15, 0.2) is 22.5 Å². The summed E-state index contributed by atoms with van der Waals surface area (Å²) < 4.78 is 70.7. The molecule has 12 nitrogen and oxygen atoms in total. The molecule has 0 saturated carbocycles. The number of nitrogens with zero attached hydrogens (tertiary/aromatic N) is 1. The van der Waals surface area contributed by atoms with Gasteiger partial charge in [-0.15, -0.1) is 0 Å². The third-order valence-corrected chi connectivity index (χ3v) is 6.41. The number of nitrogens with one attached hydrogen (secondary N) is 1. The molecule has 2 aliphatic rings. The maximum absolute atomic E-state index is 15.9. The van der Waals surface area contributed by atoms with Crippen molar-refractivity contribution in [1.29, 1.82) is 0 Å². The molecule has 2 aliphatic heterocycles. The lowest BCUT2D eigenvalue weighted by molar-refractivity contribution is -0.205. The largest absolute Gasteiger partial charge is 0.530 e. The third kappa shape index (κ3) is 4.36. The topological polar surface area (TPSA) is 162 Å². The first-order valence-corrected chi connectivity index (χ1v) is 11.2. The number of halogens is 1. The number of benzene rings is 1. The minimum atomic E-state index is -4.84.